The number of alkyl halides is 3. The van der Waals surface area contributed by atoms with Crippen molar-refractivity contribution in [3.63, 3.8) is 0 Å². The van der Waals surface area contributed by atoms with Crippen LogP contribution in [0.5, 0.6) is 0 Å². The minimum absolute atomic E-state index is 0.0176. The van der Waals surface area contributed by atoms with Gasteiger partial charge in [0, 0.05) is 6.42 Å². The highest BCUT2D eigenvalue weighted by atomic mass is 19.4. The molecule has 1 aromatic heterocycles. The predicted octanol–water partition coefficient (Wildman–Crippen LogP) is 2.55. The SMILES string of the molecule is CCC(CN)CC(=O)N(Cc1ccco1)CC(F)(F)F. The maximum Gasteiger partial charge on any atom is 0.406 e. The van der Waals surface area contributed by atoms with Crippen LogP contribution in [-0.4, -0.2) is 30.1 Å². The van der Waals surface area contributed by atoms with Gasteiger partial charge in [0.15, 0.2) is 0 Å². The van der Waals surface area contributed by atoms with Crippen LogP contribution in [0.3, 0.4) is 0 Å². The fraction of sp³-hybridized carbons (Fsp3) is 0.615. The van der Waals surface area contributed by atoms with Gasteiger partial charge in [-0.05, 0) is 24.6 Å². The minimum atomic E-state index is -4.44. The monoisotopic (exact) mass is 292 g/mol. The van der Waals surface area contributed by atoms with Gasteiger partial charge >= 0.3 is 6.18 Å². The second-order valence-corrected chi connectivity index (χ2v) is 4.66. The van der Waals surface area contributed by atoms with E-state index in [4.69, 9.17) is 10.2 Å². The molecular weight excluding hydrogens is 273 g/mol. The first kappa shape index (κ1) is 16.6. The highest BCUT2D eigenvalue weighted by Gasteiger charge is 2.33. The average Bonchev–Trinajstić information content (AvgIpc) is 2.86. The zero-order valence-corrected chi connectivity index (χ0v) is 11.3. The van der Waals surface area contributed by atoms with Gasteiger partial charge in [0.05, 0.1) is 12.8 Å². The van der Waals surface area contributed by atoms with Gasteiger partial charge in [-0.25, -0.2) is 0 Å². The molecule has 1 amide bonds. The molecule has 0 saturated carbocycles. The summed E-state index contributed by atoms with van der Waals surface area (Å²) < 4.78 is 42.6. The van der Waals surface area contributed by atoms with Crippen LogP contribution in [0.25, 0.3) is 0 Å². The van der Waals surface area contributed by atoms with E-state index in [0.29, 0.717) is 12.2 Å². The van der Waals surface area contributed by atoms with Crippen LogP contribution in [-0.2, 0) is 11.3 Å². The Morgan fingerprint density at radius 2 is 2.20 bits per heavy atom. The summed E-state index contributed by atoms with van der Waals surface area (Å²) >= 11 is 0. The van der Waals surface area contributed by atoms with Crippen molar-refractivity contribution in [2.24, 2.45) is 11.7 Å². The zero-order valence-electron chi connectivity index (χ0n) is 11.3. The molecule has 0 aliphatic carbocycles. The van der Waals surface area contributed by atoms with Crippen molar-refractivity contribution in [3.05, 3.63) is 24.2 Å². The first-order chi connectivity index (χ1) is 9.35. The number of halogens is 3. The lowest BCUT2D eigenvalue weighted by atomic mass is 10.0. The molecule has 0 aliphatic heterocycles. The first-order valence-electron chi connectivity index (χ1n) is 6.42. The van der Waals surface area contributed by atoms with Crippen LogP contribution < -0.4 is 5.73 Å². The second kappa shape index (κ2) is 7.33. The van der Waals surface area contributed by atoms with E-state index in [-0.39, 0.29) is 25.4 Å². The number of nitrogens with two attached hydrogens (primary N) is 1. The molecule has 0 bridgehead atoms. The van der Waals surface area contributed by atoms with E-state index in [1.165, 1.54) is 12.3 Å². The summed E-state index contributed by atoms with van der Waals surface area (Å²) in [5.74, 6) is -0.339. The van der Waals surface area contributed by atoms with Gasteiger partial charge in [0.25, 0.3) is 0 Å². The van der Waals surface area contributed by atoms with Gasteiger partial charge in [-0.1, -0.05) is 13.3 Å². The van der Waals surface area contributed by atoms with Crippen molar-refractivity contribution in [2.45, 2.75) is 32.5 Å². The summed E-state index contributed by atoms with van der Waals surface area (Å²) in [6.07, 6.45) is -2.40. The molecule has 1 rings (SSSR count). The highest BCUT2D eigenvalue weighted by molar-refractivity contribution is 5.76. The smallest absolute Gasteiger partial charge is 0.406 e. The standard InChI is InChI=1S/C13H19F3N2O2/c1-2-10(7-17)6-12(19)18(9-13(14,15)16)8-11-4-3-5-20-11/h3-5,10H,2,6-9,17H2,1H3. The maximum absolute atomic E-state index is 12.5. The number of rotatable bonds is 7. The lowest BCUT2D eigenvalue weighted by Gasteiger charge is -2.24. The number of carbonyl (C=O) groups excluding carboxylic acids is 1. The van der Waals surface area contributed by atoms with Crippen molar-refractivity contribution in [2.75, 3.05) is 13.1 Å². The number of hydrogen-bond donors (Lipinski definition) is 1. The fourth-order valence-corrected chi connectivity index (χ4v) is 1.81. The Bertz CT molecular complexity index is 400. The molecule has 0 saturated heterocycles. The Labute approximate surface area is 115 Å². The molecule has 0 spiro atoms. The number of hydrogen-bond acceptors (Lipinski definition) is 3. The van der Waals surface area contributed by atoms with Crippen molar-refractivity contribution in [1.82, 2.24) is 4.90 Å². The molecule has 20 heavy (non-hydrogen) atoms. The van der Waals surface area contributed by atoms with Gasteiger partial charge in [-0.2, -0.15) is 13.2 Å². The van der Waals surface area contributed by atoms with Gasteiger partial charge in [0.2, 0.25) is 5.91 Å². The van der Waals surface area contributed by atoms with Crippen molar-refractivity contribution in [3.8, 4) is 0 Å². The summed E-state index contributed by atoms with van der Waals surface area (Å²) in [6, 6.07) is 3.11. The Balaban J connectivity index is 2.73. The quantitative estimate of drug-likeness (QED) is 0.840. The lowest BCUT2D eigenvalue weighted by Crippen LogP contribution is -2.39. The normalized spacial score (nSPS) is 13.2. The third kappa shape index (κ3) is 5.64. The number of furan rings is 1. The van der Waals surface area contributed by atoms with E-state index in [0.717, 1.165) is 4.90 Å². The number of carbonyl (C=O) groups is 1. The highest BCUT2D eigenvalue weighted by Crippen LogP contribution is 2.20. The summed E-state index contributed by atoms with van der Waals surface area (Å²) in [7, 11) is 0. The van der Waals surface area contributed by atoms with Crippen LogP contribution >= 0.6 is 0 Å². The molecule has 0 aromatic carbocycles. The van der Waals surface area contributed by atoms with Gasteiger partial charge in [-0.3, -0.25) is 4.79 Å². The van der Waals surface area contributed by atoms with E-state index >= 15 is 0 Å². The average molecular weight is 292 g/mol. The Hall–Kier alpha value is -1.50. The Kier molecular flexibility index (Phi) is 6.06. The molecule has 1 heterocycles. The van der Waals surface area contributed by atoms with Crippen LogP contribution in [0.2, 0.25) is 0 Å². The molecule has 7 heteroatoms. The zero-order chi connectivity index (χ0) is 15.2. The summed E-state index contributed by atoms with van der Waals surface area (Å²) in [5.41, 5.74) is 5.48. The topological polar surface area (TPSA) is 59.5 Å². The van der Waals surface area contributed by atoms with Crippen molar-refractivity contribution in [1.29, 1.82) is 0 Å². The molecule has 1 atom stereocenters. The third-order valence-electron chi connectivity index (χ3n) is 3.02. The van der Waals surface area contributed by atoms with Crippen LogP contribution in [0.15, 0.2) is 22.8 Å². The van der Waals surface area contributed by atoms with Crippen LogP contribution in [0.1, 0.15) is 25.5 Å². The van der Waals surface area contributed by atoms with Crippen LogP contribution in [0, 0.1) is 5.92 Å². The van der Waals surface area contributed by atoms with E-state index in [9.17, 15) is 18.0 Å². The predicted molar refractivity (Wildman–Crippen MR) is 67.6 cm³/mol. The van der Waals surface area contributed by atoms with Crippen LogP contribution in [0.4, 0.5) is 13.2 Å². The molecule has 1 aromatic rings. The summed E-state index contributed by atoms with van der Waals surface area (Å²) in [4.78, 5) is 12.8. The molecule has 0 radical (unpaired) electrons. The van der Waals surface area contributed by atoms with E-state index in [2.05, 4.69) is 0 Å². The summed E-state index contributed by atoms with van der Waals surface area (Å²) in [5, 5.41) is 0. The minimum Gasteiger partial charge on any atom is -0.467 e. The largest absolute Gasteiger partial charge is 0.467 e. The maximum atomic E-state index is 12.5. The Morgan fingerprint density at radius 3 is 2.65 bits per heavy atom. The molecule has 2 N–H and O–H groups in total. The van der Waals surface area contributed by atoms with Crippen molar-refractivity contribution >= 4 is 5.91 Å². The number of nitrogens with zero attached hydrogens (tertiary/aromatic N) is 1. The van der Waals surface area contributed by atoms with Gasteiger partial charge in [-0.15, -0.1) is 0 Å². The van der Waals surface area contributed by atoms with Crippen molar-refractivity contribution < 1.29 is 22.4 Å². The second-order valence-electron chi connectivity index (χ2n) is 4.66. The van der Waals surface area contributed by atoms with E-state index in [1.54, 1.807) is 6.07 Å². The Morgan fingerprint density at radius 1 is 1.50 bits per heavy atom. The molecule has 114 valence electrons. The van der Waals surface area contributed by atoms with E-state index < -0.39 is 18.6 Å². The number of amides is 1. The molecule has 1 unspecified atom stereocenters. The molecule has 4 nitrogen and oxygen atoms in total. The molecule has 0 aliphatic rings. The van der Waals surface area contributed by atoms with Gasteiger partial charge in [0.1, 0.15) is 12.3 Å². The first-order valence-corrected chi connectivity index (χ1v) is 6.42. The fourth-order valence-electron chi connectivity index (χ4n) is 1.81. The van der Waals surface area contributed by atoms with E-state index in [1.807, 2.05) is 6.92 Å². The summed E-state index contributed by atoms with van der Waals surface area (Å²) in [6.45, 7) is 0.661. The third-order valence-corrected chi connectivity index (χ3v) is 3.02. The van der Waals surface area contributed by atoms with Gasteiger partial charge < -0.3 is 15.1 Å². The molecule has 0 fully saturated rings. The molecular formula is C13H19F3N2O2. The lowest BCUT2D eigenvalue weighted by molar-refractivity contribution is -0.163.